The summed E-state index contributed by atoms with van der Waals surface area (Å²) in [6.07, 6.45) is 0. The molecule has 0 aliphatic carbocycles. The molecule has 9 heteroatoms. The Hall–Kier alpha value is -3.36. The summed E-state index contributed by atoms with van der Waals surface area (Å²) >= 11 is 0. The van der Waals surface area contributed by atoms with Crippen LogP contribution in [0.1, 0.15) is 23.0 Å². The van der Waals surface area contributed by atoms with Crippen LogP contribution in [0.15, 0.2) is 30.3 Å². The van der Waals surface area contributed by atoms with Crippen LogP contribution in [0.3, 0.4) is 0 Å². The Bertz CT molecular complexity index is 864. The first-order valence-corrected chi connectivity index (χ1v) is 9.35. The standard InChI is InChI=1S/C20H25N5O4/c1-14(26)24-8-10-25(11-9-24)20(27)16-5-7-19(23-22-16)21-13-15-4-6-17(28-2)18(12-15)29-3/h4-7,12H,8-11,13H2,1-3H3,(H,21,23). The van der Waals surface area contributed by atoms with Crippen LogP contribution in [0.2, 0.25) is 0 Å². The molecular weight excluding hydrogens is 374 g/mol. The van der Waals surface area contributed by atoms with E-state index in [1.54, 1.807) is 36.2 Å². The zero-order chi connectivity index (χ0) is 20.8. The summed E-state index contributed by atoms with van der Waals surface area (Å²) in [5, 5.41) is 11.3. The molecule has 0 radical (unpaired) electrons. The van der Waals surface area contributed by atoms with Crippen LogP contribution >= 0.6 is 0 Å². The van der Waals surface area contributed by atoms with Crippen molar-refractivity contribution in [2.45, 2.75) is 13.5 Å². The van der Waals surface area contributed by atoms with Crippen LogP contribution in [-0.2, 0) is 11.3 Å². The molecule has 0 atom stereocenters. The average Bonchev–Trinajstić information content (AvgIpc) is 2.77. The second kappa shape index (κ2) is 9.22. The lowest BCUT2D eigenvalue weighted by Crippen LogP contribution is -2.50. The number of carbonyl (C=O) groups excluding carboxylic acids is 2. The van der Waals surface area contributed by atoms with Crippen LogP contribution in [0.25, 0.3) is 0 Å². The molecule has 1 aromatic carbocycles. The minimum absolute atomic E-state index is 0.0294. The maximum Gasteiger partial charge on any atom is 0.274 e. The molecule has 1 fully saturated rings. The molecule has 2 aromatic rings. The molecule has 0 spiro atoms. The molecule has 9 nitrogen and oxygen atoms in total. The Labute approximate surface area is 169 Å². The molecule has 29 heavy (non-hydrogen) atoms. The second-order valence-corrected chi connectivity index (χ2v) is 6.64. The number of methoxy groups -OCH3 is 2. The van der Waals surface area contributed by atoms with Crippen molar-refractivity contribution in [3.8, 4) is 11.5 Å². The average molecular weight is 399 g/mol. The number of ether oxygens (including phenoxy) is 2. The van der Waals surface area contributed by atoms with E-state index in [-0.39, 0.29) is 17.5 Å². The minimum atomic E-state index is -0.174. The van der Waals surface area contributed by atoms with E-state index in [0.717, 1.165) is 5.56 Å². The molecule has 0 saturated carbocycles. The summed E-state index contributed by atoms with van der Waals surface area (Å²) in [6.45, 7) is 4.14. The number of hydrogen-bond acceptors (Lipinski definition) is 7. The SMILES string of the molecule is COc1ccc(CNc2ccc(C(=O)N3CCN(C(C)=O)CC3)nn2)cc1OC. The van der Waals surface area contributed by atoms with Gasteiger partial charge in [-0.05, 0) is 29.8 Å². The van der Waals surface area contributed by atoms with Crippen molar-refractivity contribution in [2.75, 3.05) is 45.7 Å². The molecule has 0 unspecified atom stereocenters. The Morgan fingerprint density at radius 2 is 1.66 bits per heavy atom. The van der Waals surface area contributed by atoms with E-state index in [9.17, 15) is 9.59 Å². The number of amides is 2. The summed E-state index contributed by atoms with van der Waals surface area (Å²) in [6, 6.07) is 9.05. The lowest BCUT2D eigenvalue weighted by atomic mass is 10.2. The van der Waals surface area contributed by atoms with Crippen LogP contribution in [0.5, 0.6) is 11.5 Å². The fourth-order valence-electron chi connectivity index (χ4n) is 3.11. The second-order valence-electron chi connectivity index (χ2n) is 6.64. The third-order valence-electron chi connectivity index (χ3n) is 4.82. The molecule has 154 valence electrons. The number of piperazine rings is 1. The van der Waals surface area contributed by atoms with E-state index in [2.05, 4.69) is 15.5 Å². The summed E-state index contributed by atoms with van der Waals surface area (Å²) in [7, 11) is 3.19. The van der Waals surface area contributed by atoms with Gasteiger partial charge in [-0.15, -0.1) is 10.2 Å². The zero-order valence-corrected chi connectivity index (χ0v) is 16.8. The van der Waals surface area contributed by atoms with Gasteiger partial charge in [0, 0.05) is 39.6 Å². The summed E-state index contributed by atoms with van der Waals surface area (Å²) in [5.74, 6) is 1.75. The van der Waals surface area contributed by atoms with Gasteiger partial charge < -0.3 is 24.6 Å². The number of rotatable bonds is 6. The third-order valence-corrected chi connectivity index (χ3v) is 4.82. The molecule has 2 amide bonds. The van der Waals surface area contributed by atoms with E-state index < -0.39 is 0 Å². The zero-order valence-electron chi connectivity index (χ0n) is 16.8. The van der Waals surface area contributed by atoms with Crippen LogP contribution in [0, 0.1) is 0 Å². The number of hydrogen-bond donors (Lipinski definition) is 1. The van der Waals surface area contributed by atoms with Crippen LogP contribution < -0.4 is 14.8 Å². The van der Waals surface area contributed by atoms with Gasteiger partial charge in [0.25, 0.3) is 5.91 Å². The predicted octanol–water partition coefficient (Wildman–Crippen LogP) is 1.41. The molecule has 0 bridgehead atoms. The highest BCUT2D eigenvalue weighted by Crippen LogP contribution is 2.27. The molecule has 1 aliphatic heterocycles. The van der Waals surface area contributed by atoms with Gasteiger partial charge in [0.2, 0.25) is 5.91 Å². The highest BCUT2D eigenvalue weighted by Gasteiger charge is 2.24. The van der Waals surface area contributed by atoms with Gasteiger partial charge in [-0.1, -0.05) is 6.07 Å². The largest absolute Gasteiger partial charge is 0.493 e. The highest BCUT2D eigenvalue weighted by atomic mass is 16.5. The van der Waals surface area contributed by atoms with Crippen molar-refractivity contribution in [1.29, 1.82) is 0 Å². The van der Waals surface area contributed by atoms with Gasteiger partial charge in [-0.25, -0.2) is 0 Å². The van der Waals surface area contributed by atoms with Crippen molar-refractivity contribution >= 4 is 17.6 Å². The van der Waals surface area contributed by atoms with Gasteiger partial charge in [-0.3, -0.25) is 9.59 Å². The van der Waals surface area contributed by atoms with Crippen LogP contribution in [-0.4, -0.2) is 72.2 Å². The molecule has 1 saturated heterocycles. The van der Waals surface area contributed by atoms with Crippen LogP contribution in [0.4, 0.5) is 5.82 Å². The highest BCUT2D eigenvalue weighted by molar-refractivity contribution is 5.92. The molecular formula is C20H25N5O4. The fourth-order valence-corrected chi connectivity index (χ4v) is 3.11. The number of carbonyl (C=O) groups is 2. The number of anilines is 1. The maximum atomic E-state index is 12.6. The topological polar surface area (TPSA) is 96.9 Å². The normalized spacial score (nSPS) is 13.8. The molecule has 2 heterocycles. The number of nitrogens with one attached hydrogen (secondary N) is 1. The Morgan fingerprint density at radius 3 is 2.24 bits per heavy atom. The van der Waals surface area contributed by atoms with E-state index in [0.29, 0.717) is 50.0 Å². The first-order chi connectivity index (χ1) is 14.0. The molecule has 1 N–H and O–H groups in total. The van der Waals surface area contributed by atoms with E-state index in [1.165, 1.54) is 6.92 Å². The quantitative estimate of drug-likeness (QED) is 0.784. The Morgan fingerprint density at radius 1 is 0.966 bits per heavy atom. The summed E-state index contributed by atoms with van der Waals surface area (Å²) in [4.78, 5) is 27.4. The monoisotopic (exact) mass is 399 g/mol. The number of benzene rings is 1. The van der Waals surface area contributed by atoms with Crippen molar-refractivity contribution in [3.05, 3.63) is 41.6 Å². The molecule has 1 aliphatic rings. The Balaban J connectivity index is 1.56. The third kappa shape index (κ3) is 4.92. The smallest absolute Gasteiger partial charge is 0.274 e. The summed E-state index contributed by atoms with van der Waals surface area (Å²) in [5.41, 5.74) is 1.28. The van der Waals surface area contributed by atoms with Gasteiger partial charge in [0.1, 0.15) is 5.82 Å². The predicted molar refractivity (Wildman–Crippen MR) is 107 cm³/mol. The van der Waals surface area contributed by atoms with E-state index in [1.807, 2.05) is 18.2 Å². The van der Waals surface area contributed by atoms with Crippen molar-refractivity contribution < 1.29 is 19.1 Å². The minimum Gasteiger partial charge on any atom is -0.493 e. The van der Waals surface area contributed by atoms with Crippen molar-refractivity contribution in [2.24, 2.45) is 0 Å². The molecule has 1 aromatic heterocycles. The van der Waals surface area contributed by atoms with Crippen molar-refractivity contribution in [1.82, 2.24) is 20.0 Å². The van der Waals surface area contributed by atoms with Crippen molar-refractivity contribution in [3.63, 3.8) is 0 Å². The Kier molecular flexibility index (Phi) is 6.48. The lowest BCUT2D eigenvalue weighted by Gasteiger charge is -2.33. The molecule has 3 rings (SSSR count). The first kappa shape index (κ1) is 20.4. The van der Waals surface area contributed by atoms with E-state index >= 15 is 0 Å². The fraction of sp³-hybridized carbons (Fsp3) is 0.400. The number of aromatic nitrogens is 2. The van der Waals surface area contributed by atoms with Gasteiger partial charge in [0.15, 0.2) is 17.2 Å². The van der Waals surface area contributed by atoms with Gasteiger partial charge >= 0.3 is 0 Å². The summed E-state index contributed by atoms with van der Waals surface area (Å²) < 4.78 is 10.5. The van der Waals surface area contributed by atoms with E-state index in [4.69, 9.17) is 9.47 Å². The lowest BCUT2D eigenvalue weighted by molar-refractivity contribution is -0.130. The van der Waals surface area contributed by atoms with Gasteiger partial charge in [-0.2, -0.15) is 0 Å². The number of nitrogens with zero attached hydrogens (tertiary/aromatic N) is 4. The van der Waals surface area contributed by atoms with Gasteiger partial charge in [0.05, 0.1) is 14.2 Å². The maximum absolute atomic E-state index is 12.6. The first-order valence-electron chi connectivity index (χ1n) is 9.35.